The molecule has 158 valence electrons. The van der Waals surface area contributed by atoms with Crippen LogP contribution in [-0.2, 0) is 10.2 Å². The number of H-pyrrole nitrogens is 1. The summed E-state index contributed by atoms with van der Waals surface area (Å²) in [7, 11) is 1.64. The number of nitrogens with one attached hydrogen (secondary N) is 1. The van der Waals surface area contributed by atoms with E-state index in [1.54, 1.807) is 11.8 Å². The number of carboxylic acid groups (broad SMARTS) is 1. The quantitative estimate of drug-likeness (QED) is 0.782. The second kappa shape index (κ2) is 6.67. The number of ether oxygens (including phenoxy) is 1. The number of halogens is 3. The van der Waals surface area contributed by atoms with E-state index in [1.807, 2.05) is 24.3 Å². The summed E-state index contributed by atoms with van der Waals surface area (Å²) in [6.07, 6.45) is -2.81. The highest BCUT2D eigenvalue weighted by Crippen LogP contribution is 2.66. The summed E-state index contributed by atoms with van der Waals surface area (Å²) in [5.74, 6) is -1.59. The Balaban J connectivity index is 0.000000298. The maximum absolute atomic E-state index is 12.9. The molecule has 2 aromatic rings. The SMILES string of the molecule is COc1ccc(-n2[nH]c3c(c2=O)[C@H]2CC[C@]3(C)C2(C)C)cc1.O=C(O)C(F)(F)F. The molecule has 1 aromatic carbocycles. The van der Waals surface area contributed by atoms with Crippen molar-refractivity contribution < 1.29 is 27.8 Å². The molecule has 0 unspecified atom stereocenters. The second-order valence-electron chi connectivity index (χ2n) is 8.19. The third-order valence-corrected chi connectivity index (χ3v) is 6.63. The maximum atomic E-state index is 12.9. The van der Waals surface area contributed by atoms with Gasteiger partial charge in [-0.3, -0.25) is 9.89 Å². The van der Waals surface area contributed by atoms with Crippen molar-refractivity contribution in [2.75, 3.05) is 7.11 Å². The van der Waals surface area contributed by atoms with Crippen molar-refractivity contribution in [2.24, 2.45) is 5.41 Å². The molecule has 1 heterocycles. The Labute approximate surface area is 165 Å². The summed E-state index contributed by atoms with van der Waals surface area (Å²) in [6.45, 7) is 6.90. The molecule has 2 N–H and O–H groups in total. The summed E-state index contributed by atoms with van der Waals surface area (Å²) in [4.78, 5) is 21.8. The van der Waals surface area contributed by atoms with Crippen LogP contribution >= 0.6 is 0 Å². The van der Waals surface area contributed by atoms with Gasteiger partial charge in [0.1, 0.15) is 5.75 Å². The van der Waals surface area contributed by atoms with E-state index in [0.717, 1.165) is 35.5 Å². The van der Waals surface area contributed by atoms with Crippen LogP contribution in [0.3, 0.4) is 0 Å². The van der Waals surface area contributed by atoms with Crippen molar-refractivity contribution >= 4 is 5.97 Å². The molecular formula is C20H23F3N2O4. The first-order chi connectivity index (χ1) is 13.3. The lowest BCUT2D eigenvalue weighted by Gasteiger charge is -2.34. The van der Waals surface area contributed by atoms with Crippen LogP contribution in [0.5, 0.6) is 5.75 Å². The number of methoxy groups -OCH3 is 1. The van der Waals surface area contributed by atoms with Gasteiger partial charge in [-0.05, 0) is 48.4 Å². The molecule has 0 aliphatic heterocycles. The summed E-state index contributed by atoms with van der Waals surface area (Å²) in [5.41, 5.74) is 3.36. The van der Waals surface area contributed by atoms with Gasteiger partial charge in [-0.2, -0.15) is 13.2 Å². The van der Waals surface area contributed by atoms with E-state index in [0.29, 0.717) is 5.92 Å². The van der Waals surface area contributed by atoms with E-state index in [1.165, 1.54) is 0 Å². The Morgan fingerprint density at radius 1 is 1.24 bits per heavy atom. The third kappa shape index (κ3) is 3.12. The van der Waals surface area contributed by atoms with Crippen LogP contribution in [-0.4, -0.2) is 34.1 Å². The zero-order valence-corrected chi connectivity index (χ0v) is 16.6. The number of hydrogen-bond acceptors (Lipinski definition) is 3. The molecule has 2 aliphatic rings. The number of rotatable bonds is 2. The highest BCUT2D eigenvalue weighted by Gasteiger charge is 2.61. The summed E-state index contributed by atoms with van der Waals surface area (Å²) in [6, 6.07) is 7.60. The third-order valence-electron chi connectivity index (χ3n) is 6.63. The smallest absolute Gasteiger partial charge is 0.490 e. The Morgan fingerprint density at radius 3 is 2.24 bits per heavy atom. The van der Waals surface area contributed by atoms with Gasteiger partial charge in [-0.15, -0.1) is 0 Å². The predicted octanol–water partition coefficient (Wildman–Crippen LogP) is 3.98. The van der Waals surface area contributed by atoms with E-state index in [9.17, 15) is 18.0 Å². The Morgan fingerprint density at radius 2 is 1.79 bits per heavy atom. The van der Waals surface area contributed by atoms with Crippen molar-refractivity contribution in [1.29, 1.82) is 0 Å². The van der Waals surface area contributed by atoms with E-state index in [4.69, 9.17) is 14.6 Å². The highest BCUT2D eigenvalue weighted by molar-refractivity contribution is 5.73. The number of alkyl halides is 3. The topological polar surface area (TPSA) is 84.3 Å². The van der Waals surface area contributed by atoms with Gasteiger partial charge in [0, 0.05) is 16.7 Å². The summed E-state index contributed by atoms with van der Waals surface area (Å²) in [5, 5.41) is 10.5. The van der Waals surface area contributed by atoms with E-state index < -0.39 is 12.1 Å². The lowest BCUT2D eigenvalue weighted by Crippen LogP contribution is -2.33. The molecule has 0 amide bonds. The number of nitrogens with zero attached hydrogens (tertiary/aromatic N) is 1. The number of benzene rings is 1. The van der Waals surface area contributed by atoms with Gasteiger partial charge >= 0.3 is 12.1 Å². The Bertz CT molecular complexity index is 989. The fourth-order valence-electron chi connectivity index (χ4n) is 4.56. The van der Waals surface area contributed by atoms with Crippen LogP contribution in [0.4, 0.5) is 13.2 Å². The van der Waals surface area contributed by atoms with Crippen molar-refractivity contribution in [3.05, 3.63) is 45.9 Å². The Kier molecular flexibility index (Phi) is 4.83. The van der Waals surface area contributed by atoms with Crippen LogP contribution in [0.2, 0.25) is 0 Å². The van der Waals surface area contributed by atoms with Gasteiger partial charge in [0.25, 0.3) is 5.56 Å². The van der Waals surface area contributed by atoms with E-state index >= 15 is 0 Å². The van der Waals surface area contributed by atoms with E-state index in [2.05, 4.69) is 25.9 Å². The number of hydrogen-bond donors (Lipinski definition) is 2. The molecule has 29 heavy (non-hydrogen) atoms. The molecule has 0 saturated heterocycles. The fourth-order valence-corrected chi connectivity index (χ4v) is 4.56. The van der Waals surface area contributed by atoms with Crippen LogP contribution in [0, 0.1) is 5.41 Å². The zero-order valence-electron chi connectivity index (χ0n) is 16.6. The molecule has 0 radical (unpaired) electrons. The van der Waals surface area contributed by atoms with Crippen LogP contribution < -0.4 is 10.3 Å². The largest absolute Gasteiger partial charge is 0.497 e. The average Bonchev–Trinajstić information content (AvgIpc) is 3.16. The Hall–Kier alpha value is -2.71. The van der Waals surface area contributed by atoms with E-state index in [-0.39, 0.29) is 16.4 Å². The molecule has 0 spiro atoms. The lowest BCUT2D eigenvalue weighted by molar-refractivity contribution is -0.192. The maximum Gasteiger partial charge on any atom is 0.490 e. The van der Waals surface area contributed by atoms with Gasteiger partial charge in [0.2, 0.25) is 0 Å². The van der Waals surface area contributed by atoms with Crippen LogP contribution in [0.25, 0.3) is 5.69 Å². The van der Waals surface area contributed by atoms with Crippen molar-refractivity contribution in [3.63, 3.8) is 0 Å². The monoisotopic (exact) mass is 412 g/mol. The number of carbonyl (C=O) groups is 1. The minimum atomic E-state index is -5.08. The van der Waals surface area contributed by atoms with Gasteiger partial charge in [0.05, 0.1) is 12.8 Å². The van der Waals surface area contributed by atoms with Crippen molar-refractivity contribution in [2.45, 2.75) is 51.1 Å². The first-order valence-electron chi connectivity index (χ1n) is 9.14. The molecule has 9 heteroatoms. The van der Waals surface area contributed by atoms with Crippen molar-refractivity contribution in [3.8, 4) is 11.4 Å². The molecule has 2 aliphatic carbocycles. The van der Waals surface area contributed by atoms with Crippen LogP contribution in [0.15, 0.2) is 29.1 Å². The number of carboxylic acids is 1. The molecule has 4 rings (SSSR count). The number of aromatic amines is 1. The molecule has 2 atom stereocenters. The summed E-state index contributed by atoms with van der Waals surface area (Å²) < 4.78 is 38.6. The lowest BCUT2D eigenvalue weighted by atomic mass is 9.70. The normalized spacial score (nSPS) is 23.9. The molecular weight excluding hydrogens is 389 g/mol. The molecule has 2 bridgehead atoms. The summed E-state index contributed by atoms with van der Waals surface area (Å²) >= 11 is 0. The first kappa shape index (κ1) is 21.0. The standard InChI is InChI=1S/C18H22N2O2.C2HF3O2/c1-17(2)13-9-10-18(17,3)15-14(13)16(21)20(19-15)11-5-7-12(22-4)8-6-11;3-2(4,5)1(6)7/h5-8,13,19H,9-10H2,1-4H3;(H,6,7)/t13-,18+;/m1./s1. The minimum absolute atomic E-state index is 0.0733. The van der Waals surface area contributed by atoms with Gasteiger partial charge in [0.15, 0.2) is 0 Å². The first-order valence-corrected chi connectivity index (χ1v) is 9.14. The number of aliphatic carboxylic acids is 1. The number of aromatic nitrogens is 2. The van der Waals surface area contributed by atoms with Gasteiger partial charge in [-0.1, -0.05) is 20.8 Å². The van der Waals surface area contributed by atoms with Gasteiger partial charge < -0.3 is 9.84 Å². The molecule has 1 fully saturated rings. The molecule has 1 aromatic heterocycles. The highest BCUT2D eigenvalue weighted by atomic mass is 19.4. The number of fused-ring (bicyclic) bond motifs is 5. The van der Waals surface area contributed by atoms with Gasteiger partial charge in [-0.25, -0.2) is 9.48 Å². The van der Waals surface area contributed by atoms with Crippen LogP contribution in [0.1, 0.15) is 50.8 Å². The van der Waals surface area contributed by atoms with Crippen molar-refractivity contribution in [1.82, 2.24) is 9.78 Å². The fraction of sp³-hybridized carbons (Fsp3) is 0.500. The predicted molar refractivity (Wildman–Crippen MR) is 99.7 cm³/mol. The zero-order chi connectivity index (χ0) is 21.8. The molecule has 1 saturated carbocycles. The molecule has 6 nitrogen and oxygen atoms in total. The second-order valence-corrected chi connectivity index (χ2v) is 8.19. The average molecular weight is 412 g/mol. The minimum Gasteiger partial charge on any atom is -0.497 e.